The lowest BCUT2D eigenvalue weighted by Gasteiger charge is -2.35. The Morgan fingerprint density at radius 1 is 1.24 bits per heavy atom. The molecule has 0 spiro atoms. The highest BCUT2D eigenvalue weighted by Gasteiger charge is 2.21. The number of hydrogen-bond acceptors (Lipinski definition) is 3. The Morgan fingerprint density at radius 3 is 2.47 bits per heavy atom. The van der Waals surface area contributed by atoms with Crippen molar-refractivity contribution in [1.29, 1.82) is 0 Å². The van der Waals surface area contributed by atoms with Gasteiger partial charge in [0.1, 0.15) is 5.82 Å². The predicted molar refractivity (Wildman–Crippen MR) is 68.7 cm³/mol. The van der Waals surface area contributed by atoms with Crippen LogP contribution in [0.2, 0.25) is 0 Å². The standard InChI is InChI=1S/C13H20FN3/c1-10(15)11-4-3-5-12(14)13(11)17-8-6-16(2)7-9-17/h3-5,10H,6-9,15H2,1-2H3. The molecular formula is C13H20FN3. The van der Waals surface area contributed by atoms with E-state index < -0.39 is 0 Å². The molecule has 1 aromatic carbocycles. The Balaban J connectivity index is 2.30. The summed E-state index contributed by atoms with van der Waals surface area (Å²) in [5.74, 6) is -0.163. The number of anilines is 1. The molecule has 0 saturated carbocycles. The lowest BCUT2D eigenvalue weighted by Crippen LogP contribution is -2.45. The molecule has 3 nitrogen and oxygen atoms in total. The number of para-hydroxylation sites is 1. The number of halogens is 1. The molecule has 0 bridgehead atoms. The van der Waals surface area contributed by atoms with Crippen LogP contribution in [0.4, 0.5) is 10.1 Å². The highest BCUT2D eigenvalue weighted by molar-refractivity contribution is 5.56. The van der Waals surface area contributed by atoms with E-state index in [-0.39, 0.29) is 11.9 Å². The van der Waals surface area contributed by atoms with Crippen LogP contribution in [0.5, 0.6) is 0 Å². The molecule has 1 aliphatic rings. The first-order chi connectivity index (χ1) is 8.09. The fraction of sp³-hybridized carbons (Fsp3) is 0.538. The highest BCUT2D eigenvalue weighted by atomic mass is 19.1. The summed E-state index contributed by atoms with van der Waals surface area (Å²) in [6, 6.07) is 5.02. The molecule has 4 heteroatoms. The van der Waals surface area contributed by atoms with Gasteiger partial charge in [-0.05, 0) is 25.6 Å². The second-order valence-electron chi connectivity index (χ2n) is 4.76. The largest absolute Gasteiger partial charge is 0.366 e. The van der Waals surface area contributed by atoms with E-state index in [2.05, 4.69) is 16.8 Å². The lowest BCUT2D eigenvalue weighted by molar-refractivity contribution is 0.311. The first-order valence-corrected chi connectivity index (χ1v) is 6.07. The molecule has 0 amide bonds. The molecule has 2 N–H and O–H groups in total. The van der Waals surface area contributed by atoms with Crippen LogP contribution in [-0.4, -0.2) is 38.1 Å². The third-order valence-corrected chi connectivity index (χ3v) is 3.33. The van der Waals surface area contributed by atoms with Crippen LogP contribution in [0.25, 0.3) is 0 Å². The first kappa shape index (κ1) is 12.3. The molecule has 0 aromatic heterocycles. The van der Waals surface area contributed by atoms with Crippen molar-refractivity contribution in [3.63, 3.8) is 0 Å². The summed E-state index contributed by atoms with van der Waals surface area (Å²) in [4.78, 5) is 4.36. The Hall–Kier alpha value is -1.13. The summed E-state index contributed by atoms with van der Waals surface area (Å²) in [7, 11) is 2.09. The van der Waals surface area contributed by atoms with E-state index in [1.54, 1.807) is 6.07 Å². The third-order valence-electron chi connectivity index (χ3n) is 3.33. The normalized spacial score (nSPS) is 19.4. The zero-order valence-corrected chi connectivity index (χ0v) is 10.5. The number of benzene rings is 1. The van der Waals surface area contributed by atoms with Gasteiger partial charge in [0.2, 0.25) is 0 Å². The van der Waals surface area contributed by atoms with Crippen molar-refractivity contribution in [1.82, 2.24) is 4.90 Å². The van der Waals surface area contributed by atoms with Crippen LogP contribution < -0.4 is 10.6 Å². The fourth-order valence-electron chi connectivity index (χ4n) is 2.26. The Morgan fingerprint density at radius 2 is 1.88 bits per heavy atom. The lowest BCUT2D eigenvalue weighted by atomic mass is 10.0. The average molecular weight is 237 g/mol. The summed E-state index contributed by atoms with van der Waals surface area (Å²) in [5, 5.41) is 0. The molecule has 94 valence electrons. The van der Waals surface area contributed by atoms with Crippen LogP contribution in [0.3, 0.4) is 0 Å². The zero-order valence-electron chi connectivity index (χ0n) is 10.5. The van der Waals surface area contributed by atoms with E-state index >= 15 is 0 Å². The van der Waals surface area contributed by atoms with E-state index in [1.807, 2.05) is 13.0 Å². The summed E-state index contributed by atoms with van der Waals surface area (Å²) >= 11 is 0. The molecule has 1 saturated heterocycles. The second-order valence-corrected chi connectivity index (χ2v) is 4.76. The molecule has 0 aliphatic carbocycles. The van der Waals surface area contributed by atoms with Crippen molar-refractivity contribution in [2.24, 2.45) is 5.73 Å². The van der Waals surface area contributed by atoms with Crippen LogP contribution in [0.15, 0.2) is 18.2 Å². The minimum Gasteiger partial charge on any atom is -0.366 e. The number of nitrogens with two attached hydrogens (primary N) is 1. The van der Waals surface area contributed by atoms with Crippen molar-refractivity contribution in [2.45, 2.75) is 13.0 Å². The minimum absolute atomic E-state index is 0.139. The maximum absolute atomic E-state index is 14.0. The SMILES string of the molecule is CC(N)c1cccc(F)c1N1CCN(C)CC1. The van der Waals surface area contributed by atoms with Gasteiger partial charge in [0, 0.05) is 32.2 Å². The fourth-order valence-corrected chi connectivity index (χ4v) is 2.26. The highest BCUT2D eigenvalue weighted by Crippen LogP contribution is 2.29. The van der Waals surface area contributed by atoms with Gasteiger partial charge in [0.05, 0.1) is 5.69 Å². The molecule has 1 aliphatic heterocycles. The molecule has 1 aromatic rings. The van der Waals surface area contributed by atoms with E-state index in [1.165, 1.54) is 6.07 Å². The summed E-state index contributed by atoms with van der Waals surface area (Å²) in [6.45, 7) is 5.54. The smallest absolute Gasteiger partial charge is 0.146 e. The number of piperazine rings is 1. The molecule has 1 heterocycles. The van der Waals surface area contributed by atoms with Crippen molar-refractivity contribution in [3.8, 4) is 0 Å². The van der Waals surface area contributed by atoms with E-state index in [0.29, 0.717) is 5.69 Å². The average Bonchev–Trinajstić information content (AvgIpc) is 2.30. The molecular weight excluding hydrogens is 217 g/mol. The second kappa shape index (κ2) is 5.02. The van der Waals surface area contributed by atoms with E-state index in [4.69, 9.17) is 5.73 Å². The number of likely N-dealkylation sites (N-methyl/N-ethyl adjacent to an activating group) is 1. The predicted octanol–water partition coefficient (Wildman–Crippen LogP) is 1.60. The van der Waals surface area contributed by atoms with Gasteiger partial charge in [-0.1, -0.05) is 12.1 Å². The van der Waals surface area contributed by atoms with E-state index in [0.717, 1.165) is 31.7 Å². The maximum atomic E-state index is 14.0. The topological polar surface area (TPSA) is 32.5 Å². The van der Waals surface area contributed by atoms with Crippen molar-refractivity contribution >= 4 is 5.69 Å². The minimum atomic E-state index is -0.163. The summed E-state index contributed by atoms with van der Waals surface area (Å²) < 4.78 is 14.0. The van der Waals surface area contributed by atoms with Crippen molar-refractivity contribution in [3.05, 3.63) is 29.6 Å². The first-order valence-electron chi connectivity index (χ1n) is 6.07. The van der Waals surface area contributed by atoms with Crippen LogP contribution in [0.1, 0.15) is 18.5 Å². The molecule has 0 radical (unpaired) electrons. The third kappa shape index (κ3) is 2.58. The Bertz CT molecular complexity index is 384. The van der Waals surface area contributed by atoms with Gasteiger partial charge in [-0.2, -0.15) is 0 Å². The molecule has 1 atom stereocenters. The van der Waals surface area contributed by atoms with Gasteiger partial charge in [-0.25, -0.2) is 4.39 Å². The van der Waals surface area contributed by atoms with Gasteiger partial charge >= 0.3 is 0 Å². The molecule has 1 unspecified atom stereocenters. The number of nitrogens with zero attached hydrogens (tertiary/aromatic N) is 2. The molecule has 2 rings (SSSR count). The Kier molecular flexibility index (Phi) is 3.64. The van der Waals surface area contributed by atoms with Gasteiger partial charge in [0.25, 0.3) is 0 Å². The quantitative estimate of drug-likeness (QED) is 0.848. The van der Waals surface area contributed by atoms with Gasteiger partial charge in [0.15, 0.2) is 0 Å². The number of rotatable bonds is 2. The molecule has 1 fully saturated rings. The number of hydrogen-bond donors (Lipinski definition) is 1. The summed E-state index contributed by atoms with van der Waals surface area (Å²) in [5.41, 5.74) is 7.50. The summed E-state index contributed by atoms with van der Waals surface area (Å²) in [6.07, 6.45) is 0. The maximum Gasteiger partial charge on any atom is 0.146 e. The molecule has 17 heavy (non-hydrogen) atoms. The van der Waals surface area contributed by atoms with Gasteiger partial charge in [-0.15, -0.1) is 0 Å². The van der Waals surface area contributed by atoms with E-state index in [9.17, 15) is 4.39 Å². The van der Waals surface area contributed by atoms with Crippen molar-refractivity contribution in [2.75, 3.05) is 38.1 Å². The van der Waals surface area contributed by atoms with Crippen LogP contribution in [0, 0.1) is 5.82 Å². The van der Waals surface area contributed by atoms with Crippen molar-refractivity contribution < 1.29 is 4.39 Å². The monoisotopic (exact) mass is 237 g/mol. The Labute approximate surface area is 102 Å². The van der Waals surface area contributed by atoms with Gasteiger partial charge in [-0.3, -0.25) is 0 Å². The van der Waals surface area contributed by atoms with Gasteiger partial charge < -0.3 is 15.5 Å². The van der Waals surface area contributed by atoms with Crippen LogP contribution >= 0.6 is 0 Å². The van der Waals surface area contributed by atoms with Crippen LogP contribution in [-0.2, 0) is 0 Å². The zero-order chi connectivity index (χ0) is 12.4.